The van der Waals surface area contributed by atoms with Gasteiger partial charge in [0, 0.05) is 46.1 Å². The van der Waals surface area contributed by atoms with Crippen molar-refractivity contribution in [1.29, 1.82) is 0 Å². The number of hydrogen-bond donors (Lipinski definition) is 2. The highest BCUT2D eigenvalue weighted by molar-refractivity contribution is 5.77. The summed E-state index contributed by atoms with van der Waals surface area (Å²) < 4.78 is 5.40. The van der Waals surface area contributed by atoms with Crippen molar-refractivity contribution in [3.63, 3.8) is 0 Å². The van der Waals surface area contributed by atoms with E-state index in [1.165, 1.54) is 0 Å². The maximum Gasteiger partial charge on any atom is 0.290 e. The lowest BCUT2D eigenvalue weighted by Gasteiger charge is -2.26. The summed E-state index contributed by atoms with van der Waals surface area (Å²) in [6.45, 7) is 2.97. The van der Waals surface area contributed by atoms with Crippen molar-refractivity contribution in [3.05, 3.63) is 0 Å². The zero-order chi connectivity index (χ0) is 17.9. The Bertz CT molecular complexity index is 419. The Balaban J connectivity index is 0.000000891. The first kappa shape index (κ1) is 20.4. The van der Waals surface area contributed by atoms with Gasteiger partial charge in [-0.1, -0.05) is 0 Å². The number of piperidine rings is 1. The normalized spacial score (nSPS) is 24.2. The molecule has 2 aliphatic heterocycles. The third kappa shape index (κ3) is 6.84. The largest absolute Gasteiger partial charge is 0.483 e. The molecule has 2 heterocycles. The first-order chi connectivity index (χ1) is 11.5. The smallest absolute Gasteiger partial charge is 0.290 e. The second kappa shape index (κ2) is 11.0. The first-order valence-corrected chi connectivity index (χ1v) is 8.38. The molecule has 2 aliphatic rings. The van der Waals surface area contributed by atoms with E-state index in [4.69, 9.17) is 14.6 Å². The topological polar surface area (TPSA) is 99.2 Å². The van der Waals surface area contributed by atoms with Gasteiger partial charge in [0.1, 0.15) is 0 Å². The van der Waals surface area contributed by atoms with Gasteiger partial charge in [-0.15, -0.1) is 0 Å². The Morgan fingerprint density at radius 3 is 2.75 bits per heavy atom. The van der Waals surface area contributed by atoms with Crippen LogP contribution in [0.15, 0.2) is 0 Å². The Labute approximate surface area is 143 Å². The molecule has 0 saturated carbocycles. The van der Waals surface area contributed by atoms with Gasteiger partial charge in [-0.05, 0) is 26.3 Å². The number of amides is 2. The Kier molecular flexibility index (Phi) is 9.33. The number of methoxy groups -OCH3 is 1. The monoisotopic (exact) mass is 343 g/mol. The molecule has 0 aromatic rings. The zero-order valence-corrected chi connectivity index (χ0v) is 14.6. The van der Waals surface area contributed by atoms with Crippen LogP contribution in [-0.4, -0.2) is 85.7 Å². The fraction of sp³-hybridized carbons (Fsp3) is 0.812. The van der Waals surface area contributed by atoms with E-state index in [1.54, 1.807) is 7.11 Å². The predicted octanol–water partition coefficient (Wildman–Crippen LogP) is -0.0749. The fourth-order valence-electron chi connectivity index (χ4n) is 3.15. The molecule has 8 nitrogen and oxygen atoms in total. The van der Waals surface area contributed by atoms with Gasteiger partial charge >= 0.3 is 0 Å². The summed E-state index contributed by atoms with van der Waals surface area (Å²) in [6.07, 6.45) is 4.03. The van der Waals surface area contributed by atoms with E-state index in [1.807, 2.05) is 11.9 Å². The molecule has 0 unspecified atom stereocenters. The minimum Gasteiger partial charge on any atom is -0.483 e. The molecule has 138 valence electrons. The van der Waals surface area contributed by atoms with Crippen LogP contribution in [0.2, 0.25) is 0 Å². The van der Waals surface area contributed by atoms with Crippen molar-refractivity contribution in [2.75, 3.05) is 40.3 Å². The molecule has 2 amide bonds. The van der Waals surface area contributed by atoms with E-state index >= 15 is 0 Å². The first-order valence-electron chi connectivity index (χ1n) is 8.38. The van der Waals surface area contributed by atoms with Crippen molar-refractivity contribution >= 4 is 18.3 Å². The van der Waals surface area contributed by atoms with Crippen molar-refractivity contribution in [2.24, 2.45) is 0 Å². The van der Waals surface area contributed by atoms with Gasteiger partial charge in [0.2, 0.25) is 11.8 Å². The summed E-state index contributed by atoms with van der Waals surface area (Å²) in [4.78, 5) is 36.1. The maximum absolute atomic E-state index is 12.0. The number of carboxylic acid groups (broad SMARTS) is 1. The van der Waals surface area contributed by atoms with E-state index in [9.17, 15) is 9.59 Å². The third-order valence-corrected chi connectivity index (χ3v) is 4.35. The number of carbonyl (C=O) groups excluding carboxylic acids is 2. The summed E-state index contributed by atoms with van der Waals surface area (Å²) in [5, 5.41) is 9.94. The average molecular weight is 343 g/mol. The highest BCUT2D eigenvalue weighted by atomic mass is 16.5. The quantitative estimate of drug-likeness (QED) is 0.655. The van der Waals surface area contributed by atoms with Crippen LogP contribution in [0.1, 0.15) is 32.1 Å². The van der Waals surface area contributed by atoms with Gasteiger partial charge in [0.25, 0.3) is 6.47 Å². The van der Waals surface area contributed by atoms with Gasteiger partial charge in [-0.25, -0.2) is 0 Å². The van der Waals surface area contributed by atoms with Crippen LogP contribution >= 0.6 is 0 Å². The van der Waals surface area contributed by atoms with Gasteiger partial charge in [0.05, 0.1) is 12.1 Å². The molecule has 8 heteroatoms. The van der Waals surface area contributed by atoms with Crippen LogP contribution in [0.5, 0.6) is 0 Å². The van der Waals surface area contributed by atoms with E-state index in [0.29, 0.717) is 19.4 Å². The fourth-order valence-corrected chi connectivity index (χ4v) is 3.15. The number of rotatable bonds is 6. The highest BCUT2D eigenvalue weighted by Crippen LogP contribution is 2.13. The molecule has 2 atom stereocenters. The van der Waals surface area contributed by atoms with E-state index in [0.717, 1.165) is 38.9 Å². The Morgan fingerprint density at radius 1 is 1.42 bits per heavy atom. The molecule has 2 rings (SSSR count). The number of hydrogen-bond acceptors (Lipinski definition) is 5. The molecular weight excluding hydrogens is 314 g/mol. The highest BCUT2D eigenvalue weighted by Gasteiger charge is 2.31. The summed E-state index contributed by atoms with van der Waals surface area (Å²) in [5.41, 5.74) is 0. The number of carbonyl (C=O) groups is 3. The molecule has 0 bridgehead atoms. The SMILES string of the molecule is CO[C@H]1CN(C)C[C@@H]1NC(=O)CCCN1CCCCC1=O.O=CO. The van der Waals surface area contributed by atoms with Gasteiger partial charge in [0.15, 0.2) is 0 Å². The molecule has 2 saturated heterocycles. The number of likely N-dealkylation sites (N-methyl/N-ethyl adjacent to an activating group) is 1. The zero-order valence-electron chi connectivity index (χ0n) is 14.6. The summed E-state index contributed by atoms with van der Waals surface area (Å²) in [7, 11) is 3.71. The second-order valence-electron chi connectivity index (χ2n) is 6.22. The van der Waals surface area contributed by atoms with Crippen LogP contribution in [-0.2, 0) is 19.1 Å². The van der Waals surface area contributed by atoms with Gasteiger partial charge < -0.3 is 25.0 Å². The van der Waals surface area contributed by atoms with Crippen molar-refractivity contribution in [3.8, 4) is 0 Å². The number of ether oxygens (including phenoxy) is 1. The lowest BCUT2D eigenvalue weighted by molar-refractivity contribution is -0.133. The van der Waals surface area contributed by atoms with Crippen molar-refractivity contribution in [1.82, 2.24) is 15.1 Å². The molecule has 0 spiro atoms. The number of nitrogens with zero attached hydrogens (tertiary/aromatic N) is 2. The molecular formula is C16H29N3O5. The molecule has 0 aliphatic carbocycles. The standard InChI is InChI=1S/C15H27N3O3.CH2O2/c1-17-10-12(13(11-17)21-2)16-14(19)6-5-9-18-8-4-3-7-15(18)20;2-1-3/h12-13H,3-11H2,1-2H3,(H,16,19);1H,(H,2,3)/t12-,13-;/m0./s1. The molecule has 24 heavy (non-hydrogen) atoms. The summed E-state index contributed by atoms with van der Waals surface area (Å²) in [6, 6.07) is 0.0733. The molecule has 0 radical (unpaired) electrons. The molecule has 2 fully saturated rings. The van der Waals surface area contributed by atoms with Gasteiger partial charge in [-0.3, -0.25) is 14.4 Å². The third-order valence-electron chi connectivity index (χ3n) is 4.35. The minimum atomic E-state index is -0.250. The van der Waals surface area contributed by atoms with Crippen LogP contribution in [0.4, 0.5) is 0 Å². The summed E-state index contributed by atoms with van der Waals surface area (Å²) in [5.74, 6) is 0.292. The van der Waals surface area contributed by atoms with E-state index in [-0.39, 0.29) is 30.4 Å². The van der Waals surface area contributed by atoms with Crippen LogP contribution in [0.3, 0.4) is 0 Å². The number of nitrogens with one attached hydrogen (secondary N) is 1. The molecule has 2 N–H and O–H groups in total. The average Bonchev–Trinajstić information content (AvgIpc) is 2.89. The van der Waals surface area contributed by atoms with Gasteiger partial charge in [-0.2, -0.15) is 0 Å². The lowest BCUT2D eigenvalue weighted by Crippen LogP contribution is -2.43. The second-order valence-corrected chi connectivity index (χ2v) is 6.22. The molecule has 0 aromatic heterocycles. The minimum absolute atomic E-state index is 0.0572. The van der Waals surface area contributed by atoms with Crippen LogP contribution in [0.25, 0.3) is 0 Å². The van der Waals surface area contributed by atoms with E-state index in [2.05, 4.69) is 10.2 Å². The predicted molar refractivity (Wildman–Crippen MR) is 88.6 cm³/mol. The summed E-state index contributed by atoms with van der Waals surface area (Å²) >= 11 is 0. The molecule has 0 aromatic carbocycles. The van der Waals surface area contributed by atoms with Crippen LogP contribution < -0.4 is 5.32 Å². The Morgan fingerprint density at radius 2 is 2.12 bits per heavy atom. The van der Waals surface area contributed by atoms with Crippen molar-refractivity contribution in [2.45, 2.75) is 44.2 Å². The Hall–Kier alpha value is -1.67. The number of likely N-dealkylation sites (tertiary alicyclic amines) is 2. The van der Waals surface area contributed by atoms with Crippen LogP contribution in [0, 0.1) is 0 Å². The van der Waals surface area contributed by atoms with Crippen molar-refractivity contribution < 1.29 is 24.2 Å². The maximum atomic E-state index is 12.0. The lowest BCUT2D eigenvalue weighted by atomic mass is 10.1. The van der Waals surface area contributed by atoms with E-state index < -0.39 is 0 Å².